The predicted octanol–water partition coefficient (Wildman–Crippen LogP) is 1.55. The van der Waals surface area contributed by atoms with Crippen LogP contribution in [0.2, 0.25) is 0 Å². The third-order valence-corrected chi connectivity index (χ3v) is 2.13. The van der Waals surface area contributed by atoms with Gasteiger partial charge in [-0.05, 0) is 18.7 Å². The normalized spacial score (nSPS) is 10.5. The summed E-state index contributed by atoms with van der Waals surface area (Å²) in [6.07, 6.45) is 0.653. The number of nitrogens with zero attached hydrogens (tertiary/aromatic N) is 1. The van der Waals surface area contributed by atoms with Crippen LogP contribution in [0.4, 0.5) is 0 Å². The summed E-state index contributed by atoms with van der Waals surface area (Å²) in [5.41, 5.74) is 6.71. The van der Waals surface area contributed by atoms with Crippen molar-refractivity contribution in [3.63, 3.8) is 0 Å². The van der Waals surface area contributed by atoms with Crippen molar-refractivity contribution in [3.8, 4) is 17.0 Å². The van der Waals surface area contributed by atoms with Crippen molar-refractivity contribution in [2.45, 2.75) is 6.42 Å². The molecule has 15 heavy (non-hydrogen) atoms. The van der Waals surface area contributed by atoms with Crippen LogP contribution >= 0.6 is 0 Å². The van der Waals surface area contributed by atoms with Gasteiger partial charge in [-0.2, -0.15) is 0 Å². The number of phenols is 1. The van der Waals surface area contributed by atoms with E-state index in [1.807, 2.05) is 6.07 Å². The molecule has 0 amide bonds. The average Bonchev–Trinajstić information content (AvgIpc) is 2.68. The Balaban J connectivity index is 2.33. The van der Waals surface area contributed by atoms with Crippen molar-refractivity contribution in [3.05, 3.63) is 36.1 Å². The van der Waals surface area contributed by atoms with E-state index in [1.54, 1.807) is 24.3 Å². The number of aromatic nitrogens is 1. The SMILES string of the molecule is NCCc1cc(-c2ccccc2O)no1. The van der Waals surface area contributed by atoms with Crippen LogP contribution in [0, 0.1) is 0 Å². The Kier molecular flexibility index (Phi) is 2.69. The summed E-state index contributed by atoms with van der Waals surface area (Å²) >= 11 is 0. The van der Waals surface area contributed by atoms with Crippen molar-refractivity contribution in [2.24, 2.45) is 5.73 Å². The number of phenolic OH excluding ortho intramolecular Hbond substituents is 1. The van der Waals surface area contributed by atoms with Gasteiger partial charge < -0.3 is 15.4 Å². The number of rotatable bonds is 3. The first-order valence-electron chi connectivity index (χ1n) is 4.75. The van der Waals surface area contributed by atoms with Crippen LogP contribution in [0.1, 0.15) is 5.76 Å². The average molecular weight is 204 g/mol. The molecule has 0 aliphatic heterocycles. The number of hydrogen-bond acceptors (Lipinski definition) is 4. The molecule has 0 fully saturated rings. The lowest BCUT2D eigenvalue weighted by Gasteiger charge is -1.97. The molecule has 0 radical (unpaired) electrons. The van der Waals surface area contributed by atoms with E-state index in [0.717, 1.165) is 5.76 Å². The lowest BCUT2D eigenvalue weighted by atomic mass is 10.1. The van der Waals surface area contributed by atoms with Gasteiger partial charge in [0.1, 0.15) is 17.2 Å². The molecule has 4 nitrogen and oxygen atoms in total. The number of hydrogen-bond donors (Lipinski definition) is 2. The summed E-state index contributed by atoms with van der Waals surface area (Å²) in [5.74, 6) is 0.931. The van der Waals surface area contributed by atoms with Gasteiger partial charge in [0.05, 0.1) is 0 Å². The number of benzene rings is 1. The lowest BCUT2D eigenvalue weighted by molar-refractivity contribution is 0.386. The Bertz CT molecular complexity index is 451. The fourth-order valence-electron chi connectivity index (χ4n) is 1.39. The third-order valence-electron chi connectivity index (χ3n) is 2.13. The first kappa shape index (κ1) is 9.73. The molecule has 0 saturated heterocycles. The molecule has 1 aromatic heterocycles. The molecule has 0 spiro atoms. The topological polar surface area (TPSA) is 72.3 Å². The van der Waals surface area contributed by atoms with E-state index in [-0.39, 0.29) is 5.75 Å². The van der Waals surface area contributed by atoms with Crippen LogP contribution in [0.25, 0.3) is 11.3 Å². The maximum Gasteiger partial charge on any atom is 0.138 e. The number of aromatic hydroxyl groups is 1. The highest BCUT2D eigenvalue weighted by atomic mass is 16.5. The van der Waals surface area contributed by atoms with Crippen LogP contribution in [-0.4, -0.2) is 16.8 Å². The summed E-state index contributed by atoms with van der Waals surface area (Å²) in [7, 11) is 0. The van der Waals surface area contributed by atoms with Crippen molar-refractivity contribution in [2.75, 3.05) is 6.54 Å². The van der Waals surface area contributed by atoms with E-state index in [2.05, 4.69) is 5.16 Å². The standard InChI is InChI=1S/C11H12N2O2/c12-6-5-8-7-10(13-15-8)9-3-1-2-4-11(9)14/h1-4,7,14H,5-6,12H2. The highest BCUT2D eigenvalue weighted by Gasteiger charge is 2.08. The Labute approximate surface area is 87.3 Å². The van der Waals surface area contributed by atoms with Crippen molar-refractivity contribution in [1.29, 1.82) is 0 Å². The second-order valence-corrected chi connectivity index (χ2v) is 3.23. The molecule has 4 heteroatoms. The highest BCUT2D eigenvalue weighted by Crippen LogP contribution is 2.27. The van der Waals surface area contributed by atoms with Gasteiger partial charge in [0.2, 0.25) is 0 Å². The molecule has 2 rings (SSSR count). The molecule has 0 aliphatic carbocycles. The highest BCUT2D eigenvalue weighted by molar-refractivity contribution is 5.66. The molecule has 0 atom stereocenters. The van der Waals surface area contributed by atoms with Gasteiger partial charge in [-0.25, -0.2) is 0 Å². The first-order valence-corrected chi connectivity index (χ1v) is 4.75. The summed E-state index contributed by atoms with van der Waals surface area (Å²) in [5, 5.41) is 13.5. The molecule has 1 heterocycles. The Hall–Kier alpha value is -1.81. The minimum absolute atomic E-state index is 0.199. The maximum absolute atomic E-state index is 9.60. The number of nitrogens with two attached hydrogens (primary N) is 1. The smallest absolute Gasteiger partial charge is 0.138 e. The van der Waals surface area contributed by atoms with E-state index in [9.17, 15) is 5.11 Å². The van der Waals surface area contributed by atoms with Gasteiger partial charge in [-0.1, -0.05) is 17.3 Å². The van der Waals surface area contributed by atoms with Gasteiger partial charge in [-0.15, -0.1) is 0 Å². The summed E-state index contributed by atoms with van der Waals surface area (Å²) < 4.78 is 5.07. The Morgan fingerprint density at radius 1 is 1.33 bits per heavy atom. The summed E-state index contributed by atoms with van der Waals surface area (Å²) in [6.45, 7) is 0.523. The van der Waals surface area contributed by atoms with Crippen molar-refractivity contribution in [1.82, 2.24) is 5.16 Å². The minimum atomic E-state index is 0.199. The van der Waals surface area contributed by atoms with Crippen LogP contribution < -0.4 is 5.73 Å². The quantitative estimate of drug-likeness (QED) is 0.795. The zero-order chi connectivity index (χ0) is 10.7. The molecule has 0 unspecified atom stereocenters. The number of para-hydroxylation sites is 1. The van der Waals surface area contributed by atoms with Gasteiger partial charge in [0.25, 0.3) is 0 Å². The van der Waals surface area contributed by atoms with Crippen molar-refractivity contribution >= 4 is 0 Å². The molecular formula is C11H12N2O2. The van der Waals surface area contributed by atoms with E-state index >= 15 is 0 Å². The largest absolute Gasteiger partial charge is 0.507 e. The van der Waals surface area contributed by atoms with E-state index < -0.39 is 0 Å². The Morgan fingerprint density at radius 2 is 2.13 bits per heavy atom. The molecule has 0 bridgehead atoms. The van der Waals surface area contributed by atoms with E-state index in [0.29, 0.717) is 24.2 Å². The molecule has 2 aromatic rings. The molecule has 0 saturated carbocycles. The summed E-state index contributed by atoms with van der Waals surface area (Å²) in [6, 6.07) is 8.81. The second kappa shape index (κ2) is 4.14. The Morgan fingerprint density at radius 3 is 2.87 bits per heavy atom. The van der Waals surface area contributed by atoms with Crippen LogP contribution in [-0.2, 0) is 6.42 Å². The van der Waals surface area contributed by atoms with Gasteiger partial charge >= 0.3 is 0 Å². The van der Waals surface area contributed by atoms with E-state index in [4.69, 9.17) is 10.3 Å². The molecule has 0 aliphatic rings. The minimum Gasteiger partial charge on any atom is -0.507 e. The van der Waals surface area contributed by atoms with Gasteiger partial charge in [0.15, 0.2) is 0 Å². The fourth-order valence-corrected chi connectivity index (χ4v) is 1.39. The predicted molar refractivity (Wildman–Crippen MR) is 56.4 cm³/mol. The molecule has 1 aromatic carbocycles. The van der Waals surface area contributed by atoms with Crippen LogP contribution in [0.3, 0.4) is 0 Å². The van der Waals surface area contributed by atoms with E-state index in [1.165, 1.54) is 0 Å². The van der Waals surface area contributed by atoms with Crippen LogP contribution in [0.5, 0.6) is 5.75 Å². The second-order valence-electron chi connectivity index (χ2n) is 3.23. The van der Waals surface area contributed by atoms with Crippen LogP contribution in [0.15, 0.2) is 34.9 Å². The monoisotopic (exact) mass is 204 g/mol. The molecule has 3 N–H and O–H groups in total. The third kappa shape index (κ3) is 1.99. The lowest BCUT2D eigenvalue weighted by Crippen LogP contribution is -2.01. The molecule has 78 valence electrons. The van der Waals surface area contributed by atoms with Gasteiger partial charge in [-0.3, -0.25) is 0 Å². The first-order chi connectivity index (χ1) is 7.31. The molecular weight excluding hydrogens is 192 g/mol. The van der Waals surface area contributed by atoms with Gasteiger partial charge in [0, 0.05) is 18.1 Å². The maximum atomic E-state index is 9.60. The zero-order valence-electron chi connectivity index (χ0n) is 8.18. The summed E-state index contributed by atoms with van der Waals surface area (Å²) in [4.78, 5) is 0. The zero-order valence-corrected chi connectivity index (χ0v) is 8.18. The fraction of sp³-hybridized carbons (Fsp3) is 0.182. The van der Waals surface area contributed by atoms with Crippen molar-refractivity contribution < 1.29 is 9.63 Å².